The molecule has 27 heavy (non-hydrogen) atoms. The van der Waals surface area contributed by atoms with Gasteiger partial charge >= 0.3 is 5.97 Å². The van der Waals surface area contributed by atoms with Crippen molar-refractivity contribution in [3.8, 4) is 23.1 Å². The Bertz CT molecular complexity index is 1050. The van der Waals surface area contributed by atoms with Gasteiger partial charge in [0.1, 0.15) is 0 Å². The third kappa shape index (κ3) is 3.68. The zero-order valence-electron chi connectivity index (χ0n) is 14.4. The Kier molecular flexibility index (Phi) is 4.59. The molecular weight excluding hydrogens is 368 g/mol. The van der Waals surface area contributed by atoms with Gasteiger partial charge < -0.3 is 13.9 Å². The van der Waals surface area contributed by atoms with Gasteiger partial charge in [0.2, 0.25) is 10.6 Å². The summed E-state index contributed by atoms with van der Waals surface area (Å²) in [5.41, 5.74) is 0.742. The molecule has 1 aliphatic carbocycles. The standard InChI is InChI=1S/C18H16N4O4S/c1-24-15-9-11(4-7-13(15)26-17(23)12-5-6-12)10-19-22-16(20-21-18(22)27)14-3-2-8-25-14/h2-4,7-10,12H,5-6H2,1H3,(H,21,27)/b19-10-. The molecule has 1 aliphatic rings. The van der Waals surface area contributed by atoms with E-state index in [9.17, 15) is 4.79 Å². The molecule has 0 unspecified atom stereocenters. The first kappa shape index (κ1) is 17.2. The quantitative estimate of drug-likeness (QED) is 0.303. The van der Waals surface area contributed by atoms with E-state index in [0.29, 0.717) is 27.9 Å². The summed E-state index contributed by atoms with van der Waals surface area (Å²) >= 11 is 5.22. The Labute approximate surface area is 159 Å². The summed E-state index contributed by atoms with van der Waals surface area (Å²) in [5.74, 6) is 1.64. The summed E-state index contributed by atoms with van der Waals surface area (Å²) in [4.78, 5) is 11.9. The number of carbonyl (C=O) groups is 1. The number of benzene rings is 1. The van der Waals surface area contributed by atoms with Crippen molar-refractivity contribution in [2.45, 2.75) is 12.8 Å². The average Bonchev–Trinajstić information content (AvgIpc) is 3.27. The van der Waals surface area contributed by atoms with Gasteiger partial charge in [-0.05, 0) is 61.0 Å². The summed E-state index contributed by atoms with van der Waals surface area (Å²) < 4.78 is 17.9. The van der Waals surface area contributed by atoms with Crippen LogP contribution >= 0.6 is 12.2 Å². The van der Waals surface area contributed by atoms with Crippen molar-refractivity contribution in [1.82, 2.24) is 14.9 Å². The highest BCUT2D eigenvalue weighted by atomic mass is 32.1. The molecule has 0 aliphatic heterocycles. The van der Waals surface area contributed by atoms with E-state index in [0.717, 1.165) is 18.4 Å². The van der Waals surface area contributed by atoms with Crippen molar-refractivity contribution >= 4 is 24.4 Å². The molecule has 1 saturated carbocycles. The first-order valence-electron chi connectivity index (χ1n) is 8.31. The minimum absolute atomic E-state index is 0.0129. The van der Waals surface area contributed by atoms with Crippen LogP contribution in [0, 0.1) is 10.7 Å². The van der Waals surface area contributed by atoms with E-state index in [1.807, 2.05) is 0 Å². The summed E-state index contributed by atoms with van der Waals surface area (Å²) in [6, 6.07) is 8.71. The van der Waals surface area contributed by atoms with Crippen molar-refractivity contribution in [2.75, 3.05) is 7.11 Å². The number of aromatic amines is 1. The topological polar surface area (TPSA) is 94.6 Å². The molecule has 1 fully saturated rings. The molecule has 0 amide bonds. The molecule has 2 aromatic heterocycles. The molecule has 2 heterocycles. The van der Waals surface area contributed by atoms with Crippen LogP contribution in [-0.4, -0.2) is 34.2 Å². The van der Waals surface area contributed by atoms with Crippen LogP contribution in [0.4, 0.5) is 0 Å². The van der Waals surface area contributed by atoms with Crippen LogP contribution in [0.15, 0.2) is 46.1 Å². The molecule has 0 spiro atoms. The number of hydrogen-bond acceptors (Lipinski definition) is 7. The molecule has 1 aromatic carbocycles. The van der Waals surface area contributed by atoms with Crippen LogP contribution in [0.2, 0.25) is 0 Å². The Balaban J connectivity index is 1.59. The summed E-state index contributed by atoms with van der Waals surface area (Å²) in [6.45, 7) is 0. The molecule has 0 radical (unpaired) electrons. The van der Waals surface area contributed by atoms with Gasteiger partial charge in [-0.1, -0.05) is 0 Å². The monoisotopic (exact) mass is 384 g/mol. The number of carbonyl (C=O) groups excluding carboxylic acids is 1. The summed E-state index contributed by atoms with van der Waals surface area (Å²) in [5, 5.41) is 11.2. The molecule has 0 saturated heterocycles. The lowest BCUT2D eigenvalue weighted by molar-refractivity contribution is -0.135. The predicted octanol–water partition coefficient (Wildman–Crippen LogP) is 3.41. The number of ether oxygens (including phenoxy) is 2. The van der Waals surface area contributed by atoms with Crippen molar-refractivity contribution in [3.05, 3.63) is 46.9 Å². The number of methoxy groups -OCH3 is 1. The van der Waals surface area contributed by atoms with Crippen LogP contribution in [0.5, 0.6) is 11.5 Å². The third-order valence-corrected chi connectivity index (χ3v) is 4.29. The van der Waals surface area contributed by atoms with E-state index in [2.05, 4.69) is 15.3 Å². The Morgan fingerprint density at radius 1 is 1.41 bits per heavy atom. The van der Waals surface area contributed by atoms with Crippen molar-refractivity contribution in [1.29, 1.82) is 0 Å². The van der Waals surface area contributed by atoms with Crippen molar-refractivity contribution in [3.63, 3.8) is 0 Å². The zero-order valence-corrected chi connectivity index (χ0v) is 15.2. The van der Waals surface area contributed by atoms with E-state index in [1.165, 1.54) is 11.8 Å². The summed E-state index contributed by atoms with van der Waals surface area (Å²) in [7, 11) is 1.52. The van der Waals surface area contributed by atoms with Gasteiger partial charge in [0, 0.05) is 0 Å². The first-order chi connectivity index (χ1) is 13.2. The second-order valence-corrected chi connectivity index (χ2v) is 6.38. The Morgan fingerprint density at radius 3 is 2.96 bits per heavy atom. The van der Waals surface area contributed by atoms with Crippen LogP contribution in [0.3, 0.4) is 0 Å². The highest BCUT2D eigenvalue weighted by molar-refractivity contribution is 7.71. The molecule has 8 nitrogen and oxygen atoms in total. The lowest BCUT2D eigenvalue weighted by Crippen LogP contribution is -2.10. The Hall–Kier alpha value is -3.20. The number of H-pyrrole nitrogens is 1. The van der Waals surface area contributed by atoms with E-state index < -0.39 is 0 Å². The molecule has 138 valence electrons. The van der Waals surface area contributed by atoms with Gasteiger partial charge in [-0.25, -0.2) is 5.10 Å². The molecule has 0 atom stereocenters. The molecule has 3 aromatic rings. The minimum Gasteiger partial charge on any atom is -0.493 e. The van der Waals surface area contributed by atoms with Gasteiger partial charge in [0.15, 0.2) is 17.3 Å². The van der Waals surface area contributed by atoms with Gasteiger partial charge in [-0.2, -0.15) is 9.78 Å². The molecule has 0 bridgehead atoms. The lowest BCUT2D eigenvalue weighted by Gasteiger charge is -2.09. The van der Waals surface area contributed by atoms with E-state index >= 15 is 0 Å². The molecular formula is C18H16N4O4S. The number of aromatic nitrogens is 3. The molecule has 9 heteroatoms. The van der Waals surface area contributed by atoms with Crippen molar-refractivity contribution in [2.24, 2.45) is 11.0 Å². The number of hydrogen-bond donors (Lipinski definition) is 1. The maximum Gasteiger partial charge on any atom is 0.314 e. The number of rotatable bonds is 6. The number of furan rings is 1. The van der Waals surface area contributed by atoms with E-state index in [4.69, 9.17) is 26.1 Å². The van der Waals surface area contributed by atoms with Crippen LogP contribution in [0.1, 0.15) is 18.4 Å². The zero-order chi connectivity index (χ0) is 18.8. The lowest BCUT2D eigenvalue weighted by atomic mass is 10.2. The maximum atomic E-state index is 11.9. The van der Waals surface area contributed by atoms with E-state index in [-0.39, 0.29) is 11.9 Å². The third-order valence-electron chi connectivity index (χ3n) is 4.02. The van der Waals surface area contributed by atoms with Gasteiger partial charge in [0.25, 0.3) is 0 Å². The maximum absolute atomic E-state index is 11.9. The summed E-state index contributed by atoms with van der Waals surface area (Å²) in [6.07, 6.45) is 4.92. The smallest absolute Gasteiger partial charge is 0.314 e. The second kappa shape index (κ2) is 7.20. The van der Waals surface area contributed by atoms with Gasteiger partial charge in [0.05, 0.1) is 25.5 Å². The van der Waals surface area contributed by atoms with E-state index in [1.54, 1.807) is 42.8 Å². The molecule has 1 N–H and O–H groups in total. The van der Waals surface area contributed by atoms with Gasteiger partial charge in [-0.15, -0.1) is 5.10 Å². The fraction of sp³-hybridized carbons (Fsp3) is 0.222. The number of nitrogens with zero attached hydrogens (tertiary/aromatic N) is 3. The number of nitrogens with one attached hydrogen (secondary N) is 1. The van der Waals surface area contributed by atoms with Crippen LogP contribution < -0.4 is 9.47 Å². The molecule has 4 rings (SSSR count). The van der Waals surface area contributed by atoms with Crippen molar-refractivity contribution < 1.29 is 18.7 Å². The highest BCUT2D eigenvalue weighted by Gasteiger charge is 2.32. The Morgan fingerprint density at radius 2 is 2.26 bits per heavy atom. The fourth-order valence-corrected chi connectivity index (χ4v) is 2.63. The second-order valence-electron chi connectivity index (χ2n) is 5.99. The van der Waals surface area contributed by atoms with Crippen LogP contribution in [-0.2, 0) is 4.79 Å². The largest absolute Gasteiger partial charge is 0.493 e. The van der Waals surface area contributed by atoms with Gasteiger partial charge in [-0.3, -0.25) is 4.79 Å². The number of esters is 1. The predicted molar refractivity (Wildman–Crippen MR) is 99.5 cm³/mol. The fourth-order valence-electron chi connectivity index (χ4n) is 2.45. The minimum atomic E-state index is -0.220. The highest BCUT2D eigenvalue weighted by Crippen LogP contribution is 2.34. The normalized spacial score (nSPS) is 13.8. The average molecular weight is 384 g/mol. The van der Waals surface area contributed by atoms with Crippen LogP contribution in [0.25, 0.3) is 11.6 Å². The SMILES string of the molecule is COc1cc(/C=N\n2c(-c3ccco3)n[nH]c2=S)ccc1OC(=O)C1CC1. The first-order valence-corrected chi connectivity index (χ1v) is 8.72.